The second kappa shape index (κ2) is 3.11. The Labute approximate surface area is 69.5 Å². The molecule has 1 saturated carbocycles. The van der Waals surface area contributed by atoms with Gasteiger partial charge in [-0.3, -0.25) is 0 Å². The van der Waals surface area contributed by atoms with E-state index in [4.69, 9.17) is 5.73 Å². The predicted molar refractivity (Wildman–Crippen MR) is 48.2 cm³/mol. The van der Waals surface area contributed by atoms with Crippen molar-refractivity contribution >= 4 is 0 Å². The lowest BCUT2D eigenvalue weighted by Crippen LogP contribution is -2.44. The van der Waals surface area contributed by atoms with Crippen LogP contribution in [0.3, 0.4) is 0 Å². The highest BCUT2D eigenvalue weighted by Crippen LogP contribution is 2.53. The van der Waals surface area contributed by atoms with Crippen molar-refractivity contribution in [3.63, 3.8) is 0 Å². The fourth-order valence-corrected chi connectivity index (χ4v) is 1.95. The molecule has 1 aliphatic rings. The maximum atomic E-state index is 5.94. The van der Waals surface area contributed by atoms with E-state index in [-0.39, 0.29) is 6.17 Å². The van der Waals surface area contributed by atoms with Crippen molar-refractivity contribution in [1.82, 2.24) is 5.32 Å². The van der Waals surface area contributed by atoms with Gasteiger partial charge in [-0.05, 0) is 31.2 Å². The highest BCUT2D eigenvalue weighted by Gasteiger charge is 2.45. The van der Waals surface area contributed by atoms with Crippen molar-refractivity contribution in [2.24, 2.45) is 17.1 Å². The lowest BCUT2D eigenvalue weighted by atomic mass is 9.86. The van der Waals surface area contributed by atoms with Gasteiger partial charge in [0.15, 0.2) is 0 Å². The Morgan fingerprint density at radius 1 is 1.55 bits per heavy atom. The van der Waals surface area contributed by atoms with Crippen LogP contribution in [0.5, 0.6) is 0 Å². The topological polar surface area (TPSA) is 38.0 Å². The second-order valence-corrected chi connectivity index (χ2v) is 3.98. The number of nitrogens with two attached hydrogens (primary N) is 1. The van der Waals surface area contributed by atoms with Gasteiger partial charge in [-0.25, -0.2) is 0 Å². The molecular weight excluding hydrogens is 136 g/mol. The fourth-order valence-electron chi connectivity index (χ4n) is 1.95. The number of rotatable bonds is 4. The van der Waals surface area contributed by atoms with E-state index in [1.54, 1.807) is 0 Å². The molecule has 0 spiro atoms. The van der Waals surface area contributed by atoms with Gasteiger partial charge in [-0.2, -0.15) is 0 Å². The molecule has 0 aromatic carbocycles. The molecule has 0 bridgehead atoms. The third-order valence-corrected chi connectivity index (χ3v) is 3.14. The third kappa shape index (κ3) is 1.74. The highest BCUT2D eigenvalue weighted by atomic mass is 15.0. The molecule has 0 aromatic rings. The fraction of sp³-hybridized carbons (Fsp3) is 1.00. The Balaban J connectivity index is 2.49. The molecule has 0 aromatic heterocycles. The SMILES string of the molecule is CCC(C(N)NC)C1(C)CC1. The van der Waals surface area contributed by atoms with Gasteiger partial charge in [-0.1, -0.05) is 20.3 Å². The maximum Gasteiger partial charge on any atom is 0.0578 e. The Bertz CT molecular complexity index is 130. The number of hydrogen-bond acceptors (Lipinski definition) is 2. The number of nitrogens with one attached hydrogen (secondary N) is 1. The predicted octanol–water partition coefficient (Wildman–Crippen LogP) is 1.32. The standard InChI is InChI=1S/C9H20N2/c1-4-7(8(10)11-3)9(2)5-6-9/h7-8,11H,4-6,10H2,1-3H3. The summed E-state index contributed by atoms with van der Waals surface area (Å²) in [4.78, 5) is 0. The Morgan fingerprint density at radius 2 is 2.09 bits per heavy atom. The average molecular weight is 156 g/mol. The van der Waals surface area contributed by atoms with Crippen molar-refractivity contribution in [1.29, 1.82) is 0 Å². The zero-order valence-corrected chi connectivity index (χ0v) is 7.85. The van der Waals surface area contributed by atoms with E-state index in [9.17, 15) is 0 Å². The third-order valence-electron chi connectivity index (χ3n) is 3.14. The summed E-state index contributed by atoms with van der Waals surface area (Å²) < 4.78 is 0. The molecule has 0 heterocycles. The zero-order valence-electron chi connectivity index (χ0n) is 7.85. The first-order valence-electron chi connectivity index (χ1n) is 4.57. The quantitative estimate of drug-likeness (QED) is 0.602. The molecule has 2 unspecified atom stereocenters. The monoisotopic (exact) mass is 156 g/mol. The van der Waals surface area contributed by atoms with E-state index in [2.05, 4.69) is 19.2 Å². The Kier molecular flexibility index (Phi) is 2.55. The van der Waals surface area contributed by atoms with E-state index < -0.39 is 0 Å². The van der Waals surface area contributed by atoms with E-state index in [1.807, 2.05) is 7.05 Å². The molecule has 3 N–H and O–H groups in total. The number of hydrogen-bond donors (Lipinski definition) is 2. The first kappa shape index (κ1) is 9.01. The smallest absolute Gasteiger partial charge is 0.0578 e. The summed E-state index contributed by atoms with van der Waals surface area (Å²) in [7, 11) is 1.94. The molecule has 0 saturated heterocycles. The van der Waals surface area contributed by atoms with Gasteiger partial charge in [0.2, 0.25) is 0 Å². The van der Waals surface area contributed by atoms with Crippen molar-refractivity contribution in [3.8, 4) is 0 Å². The van der Waals surface area contributed by atoms with Gasteiger partial charge in [-0.15, -0.1) is 0 Å². The van der Waals surface area contributed by atoms with E-state index >= 15 is 0 Å². The van der Waals surface area contributed by atoms with Crippen LogP contribution in [0, 0.1) is 11.3 Å². The molecular formula is C9H20N2. The van der Waals surface area contributed by atoms with Gasteiger partial charge in [0.25, 0.3) is 0 Å². The molecule has 2 nitrogen and oxygen atoms in total. The normalized spacial score (nSPS) is 26.2. The summed E-state index contributed by atoms with van der Waals surface area (Å²) in [5, 5.41) is 3.14. The minimum Gasteiger partial charge on any atom is -0.316 e. The Hall–Kier alpha value is -0.0800. The van der Waals surface area contributed by atoms with Crippen LogP contribution >= 0.6 is 0 Å². The average Bonchev–Trinajstić information content (AvgIpc) is 2.70. The minimum atomic E-state index is 0.187. The van der Waals surface area contributed by atoms with Crippen molar-refractivity contribution in [3.05, 3.63) is 0 Å². The molecule has 2 heteroatoms. The summed E-state index contributed by atoms with van der Waals surface area (Å²) in [6.07, 6.45) is 4.10. The van der Waals surface area contributed by atoms with Gasteiger partial charge in [0.1, 0.15) is 0 Å². The van der Waals surface area contributed by atoms with Crippen LogP contribution in [0.4, 0.5) is 0 Å². The molecule has 1 rings (SSSR count). The van der Waals surface area contributed by atoms with Crippen LogP contribution in [0.25, 0.3) is 0 Å². The molecule has 0 radical (unpaired) electrons. The lowest BCUT2D eigenvalue weighted by molar-refractivity contribution is 0.248. The van der Waals surface area contributed by atoms with Crippen LogP contribution in [0.2, 0.25) is 0 Å². The second-order valence-electron chi connectivity index (χ2n) is 3.98. The summed E-state index contributed by atoms with van der Waals surface area (Å²) >= 11 is 0. The first-order chi connectivity index (χ1) is 5.14. The summed E-state index contributed by atoms with van der Waals surface area (Å²) in [6, 6.07) is 0. The van der Waals surface area contributed by atoms with E-state index in [0.717, 1.165) is 0 Å². The minimum absolute atomic E-state index is 0.187. The molecule has 1 fully saturated rings. The molecule has 66 valence electrons. The van der Waals surface area contributed by atoms with E-state index in [1.165, 1.54) is 19.3 Å². The molecule has 11 heavy (non-hydrogen) atoms. The maximum absolute atomic E-state index is 5.94. The van der Waals surface area contributed by atoms with Crippen molar-refractivity contribution < 1.29 is 0 Å². The van der Waals surface area contributed by atoms with Gasteiger partial charge in [0.05, 0.1) is 6.17 Å². The largest absolute Gasteiger partial charge is 0.316 e. The molecule has 2 atom stereocenters. The van der Waals surface area contributed by atoms with Crippen molar-refractivity contribution in [2.75, 3.05) is 7.05 Å². The van der Waals surface area contributed by atoms with Crippen LogP contribution in [-0.2, 0) is 0 Å². The summed E-state index contributed by atoms with van der Waals surface area (Å²) in [5.74, 6) is 0.660. The summed E-state index contributed by atoms with van der Waals surface area (Å²) in [6.45, 7) is 4.57. The van der Waals surface area contributed by atoms with Crippen LogP contribution < -0.4 is 11.1 Å². The van der Waals surface area contributed by atoms with Crippen molar-refractivity contribution in [2.45, 2.75) is 39.3 Å². The van der Waals surface area contributed by atoms with Crippen LogP contribution in [0.1, 0.15) is 33.1 Å². The van der Waals surface area contributed by atoms with Crippen LogP contribution in [-0.4, -0.2) is 13.2 Å². The summed E-state index contributed by atoms with van der Waals surface area (Å²) in [5.41, 5.74) is 6.50. The van der Waals surface area contributed by atoms with Gasteiger partial charge < -0.3 is 11.1 Å². The molecule has 1 aliphatic carbocycles. The van der Waals surface area contributed by atoms with Gasteiger partial charge >= 0.3 is 0 Å². The van der Waals surface area contributed by atoms with Crippen LogP contribution in [0.15, 0.2) is 0 Å². The lowest BCUT2D eigenvalue weighted by Gasteiger charge is -2.27. The highest BCUT2D eigenvalue weighted by molar-refractivity contribution is 4.96. The molecule has 0 aliphatic heterocycles. The first-order valence-corrected chi connectivity index (χ1v) is 4.57. The molecule has 0 amide bonds. The van der Waals surface area contributed by atoms with Gasteiger partial charge in [0, 0.05) is 0 Å². The van der Waals surface area contributed by atoms with E-state index in [0.29, 0.717) is 11.3 Å². The Morgan fingerprint density at radius 3 is 2.36 bits per heavy atom. The zero-order chi connectivity index (χ0) is 8.48.